The number of carbonyl (C=O) groups is 1. The Morgan fingerprint density at radius 2 is 2.05 bits per heavy atom. The number of hydrogen-bond acceptors (Lipinski definition) is 3. The molecule has 0 heterocycles. The topological polar surface area (TPSA) is 62.1 Å². The number of benzene rings is 1. The lowest BCUT2D eigenvalue weighted by Gasteiger charge is -2.34. The van der Waals surface area contributed by atoms with E-state index in [1.165, 1.54) is 7.11 Å². The van der Waals surface area contributed by atoms with Crippen LogP contribution in [-0.4, -0.2) is 18.6 Å². The summed E-state index contributed by atoms with van der Waals surface area (Å²) < 4.78 is 5.20. The Kier molecular flexibility index (Phi) is 4.29. The molecule has 1 aliphatic rings. The molecule has 0 unspecified atom stereocenters. The third-order valence-corrected chi connectivity index (χ3v) is 4.05. The monoisotopic (exact) mass is 272 g/mol. The first kappa shape index (κ1) is 14.4. The fourth-order valence-corrected chi connectivity index (χ4v) is 2.64. The SMILES string of the molecule is COc1ccccc1C(=O)NC1(C#N)CCC(C)CC1. The van der Waals surface area contributed by atoms with Gasteiger partial charge in [-0.3, -0.25) is 4.79 Å². The molecule has 4 nitrogen and oxygen atoms in total. The highest BCUT2D eigenvalue weighted by Crippen LogP contribution is 2.32. The average molecular weight is 272 g/mol. The van der Waals surface area contributed by atoms with Crippen molar-refractivity contribution in [1.82, 2.24) is 5.32 Å². The number of ether oxygens (including phenoxy) is 1. The second kappa shape index (κ2) is 5.96. The smallest absolute Gasteiger partial charge is 0.256 e. The van der Waals surface area contributed by atoms with Crippen molar-refractivity contribution in [2.75, 3.05) is 7.11 Å². The molecule has 1 aromatic carbocycles. The van der Waals surface area contributed by atoms with Crippen LogP contribution in [0.5, 0.6) is 5.75 Å². The average Bonchev–Trinajstić information content (AvgIpc) is 2.49. The molecule has 1 amide bonds. The number of nitriles is 1. The maximum absolute atomic E-state index is 12.4. The van der Waals surface area contributed by atoms with E-state index in [1.807, 2.05) is 6.07 Å². The number of nitrogens with one attached hydrogen (secondary N) is 1. The van der Waals surface area contributed by atoms with E-state index in [4.69, 9.17) is 4.74 Å². The van der Waals surface area contributed by atoms with Crippen molar-refractivity contribution in [3.05, 3.63) is 29.8 Å². The van der Waals surface area contributed by atoms with Crippen LogP contribution in [0.4, 0.5) is 0 Å². The third-order valence-electron chi connectivity index (χ3n) is 4.05. The van der Waals surface area contributed by atoms with E-state index < -0.39 is 5.54 Å². The first-order valence-electron chi connectivity index (χ1n) is 6.97. The van der Waals surface area contributed by atoms with Crippen LogP contribution in [0.1, 0.15) is 43.0 Å². The molecule has 0 bridgehead atoms. The summed E-state index contributed by atoms with van der Waals surface area (Å²) in [6, 6.07) is 9.37. The molecule has 106 valence electrons. The number of amides is 1. The van der Waals surface area contributed by atoms with Crippen LogP contribution < -0.4 is 10.1 Å². The zero-order valence-corrected chi connectivity index (χ0v) is 12.0. The summed E-state index contributed by atoms with van der Waals surface area (Å²) in [6.07, 6.45) is 3.37. The van der Waals surface area contributed by atoms with E-state index in [9.17, 15) is 10.1 Å². The number of hydrogen-bond donors (Lipinski definition) is 1. The van der Waals surface area contributed by atoms with Gasteiger partial charge in [-0.05, 0) is 43.7 Å². The summed E-state index contributed by atoms with van der Waals surface area (Å²) in [5, 5.41) is 12.4. The summed E-state index contributed by atoms with van der Waals surface area (Å²) in [5.41, 5.74) is -0.256. The first-order chi connectivity index (χ1) is 9.60. The normalized spacial score (nSPS) is 25.6. The third kappa shape index (κ3) is 2.93. The predicted octanol–water partition coefficient (Wildman–Crippen LogP) is 2.90. The zero-order valence-electron chi connectivity index (χ0n) is 12.0. The molecule has 1 aromatic rings. The Hall–Kier alpha value is -2.02. The van der Waals surface area contributed by atoms with Gasteiger partial charge in [0.2, 0.25) is 0 Å². The summed E-state index contributed by atoms with van der Waals surface area (Å²) >= 11 is 0. The molecule has 0 spiro atoms. The Bertz CT molecular complexity index is 526. The van der Waals surface area contributed by atoms with Crippen molar-refractivity contribution in [1.29, 1.82) is 5.26 Å². The summed E-state index contributed by atoms with van der Waals surface area (Å²) in [4.78, 5) is 12.4. The maximum Gasteiger partial charge on any atom is 0.256 e. The zero-order chi connectivity index (χ0) is 14.6. The molecular formula is C16H20N2O2. The van der Waals surface area contributed by atoms with Crippen molar-refractivity contribution in [2.45, 2.75) is 38.1 Å². The highest BCUT2D eigenvalue weighted by Gasteiger charge is 2.36. The molecule has 1 saturated carbocycles. The molecule has 1 fully saturated rings. The van der Waals surface area contributed by atoms with E-state index in [2.05, 4.69) is 18.3 Å². The van der Waals surface area contributed by atoms with Crippen LogP contribution in [0.15, 0.2) is 24.3 Å². The van der Waals surface area contributed by atoms with E-state index in [0.29, 0.717) is 30.1 Å². The Morgan fingerprint density at radius 1 is 1.40 bits per heavy atom. The van der Waals surface area contributed by atoms with Gasteiger partial charge in [-0.1, -0.05) is 19.1 Å². The lowest BCUT2D eigenvalue weighted by Crippen LogP contribution is -2.49. The molecular weight excluding hydrogens is 252 g/mol. The van der Waals surface area contributed by atoms with Gasteiger partial charge in [0.15, 0.2) is 0 Å². The minimum absolute atomic E-state index is 0.237. The van der Waals surface area contributed by atoms with Crippen LogP contribution >= 0.6 is 0 Å². The summed E-state index contributed by atoms with van der Waals surface area (Å²) in [5.74, 6) is 0.917. The molecule has 20 heavy (non-hydrogen) atoms. The van der Waals surface area contributed by atoms with Crippen molar-refractivity contribution in [3.8, 4) is 11.8 Å². The largest absolute Gasteiger partial charge is 0.496 e. The van der Waals surface area contributed by atoms with Crippen molar-refractivity contribution in [2.24, 2.45) is 5.92 Å². The second-order valence-electron chi connectivity index (χ2n) is 5.53. The van der Waals surface area contributed by atoms with Gasteiger partial charge in [0.1, 0.15) is 11.3 Å². The van der Waals surface area contributed by atoms with E-state index in [-0.39, 0.29) is 5.91 Å². The van der Waals surface area contributed by atoms with Crippen LogP contribution in [0.3, 0.4) is 0 Å². The highest BCUT2D eigenvalue weighted by molar-refractivity contribution is 5.97. The molecule has 0 aliphatic heterocycles. The molecule has 0 saturated heterocycles. The van der Waals surface area contributed by atoms with E-state index >= 15 is 0 Å². The van der Waals surface area contributed by atoms with E-state index in [0.717, 1.165) is 12.8 Å². The molecule has 1 N–H and O–H groups in total. The summed E-state index contributed by atoms with van der Waals surface area (Å²) in [6.45, 7) is 2.18. The number of carbonyl (C=O) groups excluding carboxylic acids is 1. The number of rotatable bonds is 3. The predicted molar refractivity (Wildman–Crippen MR) is 76.4 cm³/mol. The van der Waals surface area contributed by atoms with Crippen molar-refractivity contribution in [3.63, 3.8) is 0 Å². The van der Waals surface area contributed by atoms with Gasteiger partial charge < -0.3 is 10.1 Å². The minimum Gasteiger partial charge on any atom is -0.496 e. The van der Waals surface area contributed by atoms with Gasteiger partial charge in [0.05, 0.1) is 18.7 Å². The van der Waals surface area contributed by atoms with Gasteiger partial charge >= 0.3 is 0 Å². The molecule has 2 rings (SSSR count). The second-order valence-corrected chi connectivity index (χ2v) is 5.53. The minimum atomic E-state index is -0.732. The van der Waals surface area contributed by atoms with E-state index in [1.54, 1.807) is 18.2 Å². The molecule has 1 aliphatic carbocycles. The van der Waals surface area contributed by atoms with Crippen molar-refractivity contribution < 1.29 is 9.53 Å². The molecule has 0 atom stereocenters. The number of methoxy groups -OCH3 is 1. The van der Waals surface area contributed by atoms with Crippen LogP contribution in [0.2, 0.25) is 0 Å². The number of para-hydroxylation sites is 1. The van der Waals surface area contributed by atoms with Crippen LogP contribution in [0.25, 0.3) is 0 Å². The van der Waals surface area contributed by atoms with Gasteiger partial charge in [-0.15, -0.1) is 0 Å². The Labute approximate surface area is 119 Å². The molecule has 0 aromatic heterocycles. The van der Waals surface area contributed by atoms with Crippen molar-refractivity contribution >= 4 is 5.91 Å². The lowest BCUT2D eigenvalue weighted by molar-refractivity contribution is 0.0891. The Balaban J connectivity index is 2.16. The standard InChI is InChI=1S/C16H20N2O2/c1-12-7-9-16(11-17,10-8-12)18-15(19)13-5-3-4-6-14(13)20-2/h3-6,12H,7-10H2,1-2H3,(H,18,19). The van der Waals surface area contributed by atoms with Crippen LogP contribution in [-0.2, 0) is 0 Å². The lowest BCUT2D eigenvalue weighted by atomic mass is 9.78. The fraction of sp³-hybridized carbons (Fsp3) is 0.500. The highest BCUT2D eigenvalue weighted by atomic mass is 16.5. The molecule has 4 heteroatoms. The summed E-state index contributed by atoms with van der Waals surface area (Å²) in [7, 11) is 1.54. The molecule has 0 radical (unpaired) electrons. The van der Waals surface area contributed by atoms with Gasteiger partial charge in [0, 0.05) is 0 Å². The quantitative estimate of drug-likeness (QED) is 0.920. The maximum atomic E-state index is 12.4. The fourth-order valence-electron chi connectivity index (χ4n) is 2.64. The van der Waals surface area contributed by atoms with Crippen LogP contribution in [0, 0.1) is 17.2 Å². The van der Waals surface area contributed by atoms with Gasteiger partial charge in [-0.2, -0.15) is 5.26 Å². The Morgan fingerprint density at radius 3 is 2.65 bits per heavy atom. The number of nitrogens with zero attached hydrogens (tertiary/aromatic N) is 1. The van der Waals surface area contributed by atoms with Gasteiger partial charge in [-0.25, -0.2) is 0 Å². The van der Waals surface area contributed by atoms with Gasteiger partial charge in [0.25, 0.3) is 5.91 Å². The first-order valence-corrected chi connectivity index (χ1v) is 6.97.